The molecule has 1 aromatic carbocycles. The standard InChI is InChI=1S/C17H20N4S/c1-4-10-21(3)14-7-5-13(6-8-14)19-17-18-12(2)16-15(20-17)9-11-22-16/h5-9,11H,4,10H2,1-3H3,(H,18,19,20). The number of aromatic nitrogens is 2. The first-order valence-corrected chi connectivity index (χ1v) is 8.35. The van der Waals surface area contributed by atoms with Gasteiger partial charge in [-0.3, -0.25) is 0 Å². The Bertz CT molecular complexity index is 764. The molecule has 0 aliphatic heterocycles. The van der Waals surface area contributed by atoms with Gasteiger partial charge in [0.1, 0.15) is 0 Å². The topological polar surface area (TPSA) is 41.0 Å². The summed E-state index contributed by atoms with van der Waals surface area (Å²) in [6.07, 6.45) is 1.14. The molecule has 0 saturated carbocycles. The maximum absolute atomic E-state index is 4.56. The summed E-state index contributed by atoms with van der Waals surface area (Å²) in [5.74, 6) is 0.651. The van der Waals surface area contributed by atoms with Gasteiger partial charge in [0.2, 0.25) is 5.95 Å². The van der Waals surface area contributed by atoms with E-state index in [4.69, 9.17) is 0 Å². The zero-order valence-electron chi connectivity index (χ0n) is 13.1. The summed E-state index contributed by atoms with van der Waals surface area (Å²) in [5, 5.41) is 5.34. The van der Waals surface area contributed by atoms with Crippen LogP contribution < -0.4 is 10.2 Å². The Morgan fingerprint density at radius 2 is 1.91 bits per heavy atom. The van der Waals surface area contributed by atoms with Crippen molar-refractivity contribution >= 4 is 38.9 Å². The van der Waals surface area contributed by atoms with E-state index in [1.54, 1.807) is 11.3 Å². The first-order chi connectivity index (χ1) is 10.7. The molecule has 0 atom stereocenters. The summed E-state index contributed by atoms with van der Waals surface area (Å²) in [6, 6.07) is 10.4. The van der Waals surface area contributed by atoms with Crippen LogP contribution in [-0.4, -0.2) is 23.6 Å². The van der Waals surface area contributed by atoms with Gasteiger partial charge in [-0.15, -0.1) is 11.3 Å². The molecular formula is C17H20N4S. The molecule has 0 spiro atoms. The first-order valence-electron chi connectivity index (χ1n) is 7.47. The van der Waals surface area contributed by atoms with Gasteiger partial charge in [-0.2, -0.15) is 0 Å². The molecule has 0 fully saturated rings. The first kappa shape index (κ1) is 14.8. The lowest BCUT2D eigenvalue weighted by Crippen LogP contribution is -2.17. The molecule has 114 valence electrons. The Morgan fingerprint density at radius 1 is 1.14 bits per heavy atom. The Kier molecular flexibility index (Phi) is 4.24. The summed E-state index contributed by atoms with van der Waals surface area (Å²) in [6.45, 7) is 5.27. The van der Waals surface area contributed by atoms with E-state index in [9.17, 15) is 0 Å². The smallest absolute Gasteiger partial charge is 0.228 e. The van der Waals surface area contributed by atoms with Crippen LogP contribution in [0.1, 0.15) is 19.0 Å². The molecule has 3 aromatic rings. The van der Waals surface area contributed by atoms with Gasteiger partial charge in [0.05, 0.1) is 15.9 Å². The Morgan fingerprint density at radius 3 is 2.64 bits per heavy atom. The molecule has 0 bridgehead atoms. The highest BCUT2D eigenvalue weighted by atomic mass is 32.1. The van der Waals surface area contributed by atoms with Crippen molar-refractivity contribution in [2.45, 2.75) is 20.3 Å². The van der Waals surface area contributed by atoms with Crippen LogP contribution in [0.2, 0.25) is 0 Å². The van der Waals surface area contributed by atoms with Gasteiger partial charge in [-0.05, 0) is 49.1 Å². The van der Waals surface area contributed by atoms with Gasteiger partial charge < -0.3 is 10.2 Å². The minimum atomic E-state index is 0.651. The predicted octanol–water partition coefficient (Wildman–Crippen LogP) is 4.59. The largest absolute Gasteiger partial charge is 0.375 e. The number of benzene rings is 1. The zero-order valence-corrected chi connectivity index (χ0v) is 13.9. The molecule has 2 heterocycles. The number of rotatable bonds is 5. The quantitative estimate of drug-likeness (QED) is 0.748. The van der Waals surface area contributed by atoms with E-state index in [0.717, 1.165) is 34.6 Å². The Balaban J connectivity index is 1.79. The molecule has 1 N–H and O–H groups in total. The van der Waals surface area contributed by atoms with Gasteiger partial charge in [0, 0.05) is 25.0 Å². The highest BCUT2D eigenvalue weighted by molar-refractivity contribution is 7.17. The van der Waals surface area contributed by atoms with E-state index >= 15 is 0 Å². The lowest BCUT2D eigenvalue weighted by molar-refractivity contribution is 0.852. The molecule has 0 saturated heterocycles. The Labute approximate surface area is 134 Å². The molecule has 0 unspecified atom stereocenters. The average Bonchev–Trinajstić information content (AvgIpc) is 2.97. The third kappa shape index (κ3) is 3.04. The lowest BCUT2D eigenvalue weighted by Gasteiger charge is -2.18. The molecule has 0 aliphatic carbocycles. The van der Waals surface area contributed by atoms with Crippen LogP contribution >= 0.6 is 11.3 Å². The number of hydrogen-bond donors (Lipinski definition) is 1. The number of thiophene rings is 1. The third-order valence-electron chi connectivity index (χ3n) is 3.60. The lowest BCUT2D eigenvalue weighted by atomic mass is 10.2. The summed E-state index contributed by atoms with van der Waals surface area (Å²) in [4.78, 5) is 11.3. The van der Waals surface area contributed by atoms with Crippen LogP contribution in [0.25, 0.3) is 10.2 Å². The molecule has 0 amide bonds. The molecule has 3 rings (SSSR count). The van der Waals surface area contributed by atoms with Crippen molar-refractivity contribution in [3.63, 3.8) is 0 Å². The van der Waals surface area contributed by atoms with Gasteiger partial charge >= 0.3 is 0 Å². The van der Waals surface area contributed by atoms with Crippen LogP contribution in [0.5, 0.6) is 0 Å². The molecule has 5 heteroatoms. The second-order valence-corrected chi connectivity index (χ2v) is 6.28. The van der Waals surface area contributed by atoms with E-state index in [1.165, 1.54) is 5.69 Å². The maximum Gasteiger partial charge on any atom is 0.228 e. The van der Waals surface area contributed by atoms with E-state index in [-0.39, 0.29) is 0 Å². The van der Waals surface area contributed by atoms with Gasteiger partial charge in [-0.25, -0.2) is 9.97 Å². The summed E-state index contributed by atoms with van der Waals surface area (Å²) >= 11 is 1.68. The van der Waals surface area contributed by atoms with E-state index < -0.39 is 0 Å². The Hall–Kier alpha value is -2.14. The van der Waals surface area contributed by atoms with Crippen LogP contribution in [0.15, 0.2) is 35.7 Å². The van der Waals surface area contributed by atoms with Crippen molar-refractivity contribution in [3.05, 3.63) is 41.4 Å². The van der Waals surface area contributed by atoms with Crippen molar-refractivity contribution in [1.82, 2.24) is 9.97 Å². The second kappa shape index (κ2) is 6.32. The summed E-state index contributed by atoms with van der Waals surface area (Å²) < 4.78 is 1.15. The fourth-order valence-electron chi connectivity index (χ4n) is 2.46. The minimum Gasteiger partial charge on any atom is -0.375 e. The molecule has 0 aliphatic rings. The van der Waals surface area contributed by atoms with Crippen molar-refractivity contribution in [2.75, 3.05) is 23.8 Å². The minimum absolute atomic E-state index is 0.651. The summed E-state index contributed by atoms with van der Waals surface area (Å²) in [5.41, 5.74) is 4.24. The van der Waals surface area contributed by atoms with Crippen molar-refractivity contribution in [1.29, 1.82) is 0 Å². The van der Waals surface area contributed by atoms with Crippen molar-refractivity contribution in [2.24, 2.45) is 0 Å². The highest BCUT2D eigenvalue weighted by Gasteiger charge is 2.06. The number of anilines is 3. The SMILES string of the molecule is CCCN(C)c1ccc(Nc2nc(C)c3sccc3n2)cc1. The molecular weight excluding hydrogens is 292 g/mol. The average molecular weight is 312 g/mol. The number of nitrogens with one attached hydrogen (secondary N) is 1. The fraction of sp³-hybridized carbons (Fsp3) is 0.294. The van der Waals surface area contributed by atoms with Gasteiger partial charge in [-0.1, -0.05) is 6.92 Å². The van der Waals surface area contributed by atoms with Crippen LogP contribution in [0.4, 0.5) is 17.3 Å². The van der Waals surface area contributed by atoms with Gasteiger partial charge in [0.25, 0.3) is 0 Å². The van der Waals surface area contributed by atoms with E-state index in [1.807, 2.05) is 13.0 Å². The van der Waals surface area contributed by atoms with Crippen LogP contribution in [-0.2, 0) is 0 Å². The monoisotopic (exact) mass is 312 g/mol. The summed E-state index contributed by atoms with van der Waals surface area (Å²) in [7, 11) is 2.11. The predicted molar refractivity (Wildman–Crippen MR) is 95.4 cm³/mol. The number of hydrogen-bond acceptors (Lipinski definition) is 5. The molecule has 2 aromatic heterocycles. The number of nitrogens with zero attached hydrogens (tertiary/aromatic N) is 3. The number of aryl methyl sites for hydroxylation is 1. The zero-order chi connectivity index (χ0) is 15.5. The van der Waals surface area contributed by atoms with Crippen LogP contribution in [0, 0.1) is 6.92 Å². The van der Waals surface area contributed by atoms with E-state index in [2.05, 4.69) is 63.8 Å². The maximum atomic E-state index is 4.56. The normalized spacial score (nSPS) is 10.9. The second-order valence-electron chi connectivity index (χ2n) is 5.36. The highest BCUT2D eigenvalue weighted by Crippen LogP contribution is 2.25. The molecule has 4 nitrogen and oxygen atoms in total. The van der Waals surface area contributed by atoms with Crippen molar-refractivity contribution < 1.29 is 0 Å². The number of fused-ring (bicyclic) bond motifs is 1. The van der Waals surface area contributed by atoms with E-state index in [0.29, 0.717) is 5.95 Å². The molecule has 0 radical (unpaired) electrons. The fourth-order valence-corrected chi connectivity index (χ4v) is 3.24. The van der Waals surface area contributed by atoms with Crippen molar-refractivity contribution in [3.8, 4) is 0 Å². The third-order valence-corrected chi connectivity index (χ3v) is 4.61. The van der Waals surface area contributed by atoms with Gasteiger partial charge in [0.15, 0.2) is 0 Å². The molecule has 22 heavy (non-hydrogen) atoms. The van der Waals surface area contributed by atoms with Crippen LogP contribution in [0.3, 0.4) is 0 Å².